The van der Waals surface area contributed by atoms with Gasteiger partial charge in [0.25, 0.3) is 11.8 Å². The Morgan fingerprint density at radius 1 is 1.08 bits per heavy atom. The van der Waals surface area contributed by atoms with Crippen molar-refractivity contribution in [2.24, 2.45) is 5.92 Å². The van der Waals surface area contributed by atoms with Crippen molar-refractivity contribution in [2.75, 3.05) is 6.54 Å². The fourth-order valence-corrected chi connectivity index (χ4v) is 8.41. The van der Waals surface area contributed by atoms with Crippen LogP contribution < -0.4 is 15.4 Å². The molecule has 5 atom stereocenters. The highest BCUT2D eigenvalue weighted by atomic mass is 32.2. The summed E-state index contributed by atoms with van der Waals surface area (Å²) in [6.45, 7) is 4.44. The number of halogens is 3. The van der Waals surface area contributed by atoms with E-state index in [9.17, 15) is 36.8 Å². The Kier molecular flexibility index (Phi) is 10.2. The van der Waals surface area contributed by atoms with Gasteiger partial charge in [-0.25, -0.2) is 31.2 Å². The van der Waals surface area contributed by atoms with Crippen LogP contribution in [0.2, 0.25) is 0 Å². The third kappa shape index (κ3) is 8.73. The SMILES string of the molecule is CC(C)(C)OC(=O)N[C@H]1CCCC(F)(F)CC=C[C@@H]2C[C@@]2(C(=O)NS(=O)(=O)C2CC2)NC(=O)[C@@H]2C[C@@H](OC(=O)N3Cc4cccc(F)c4C3)CN2C1=O. The van der Waals surface area contributed by atoms with Crippen molar-refractivity contribution in [3.05, 3.63) is 47.3 Å². The predicted molar refractivity (Wildman–Crippen MR) is 181 cm³/mol. The third-order valence-corrected chi connectivity index (χ3v) is 11.9. The number of sulfonamides is 1. The van der Waals surface area contributed by atoms with Gasteiger partial charge in [-0.3, -0.25) is 24.0 Å². The lowest BCUT2D eigenvalue weighted by Gasteiger charge is -2.30. The summed E-state index contributed by atoms with van der Waals surface area (Å²) in [5.74, 6) is -7.30. The van der Waals surface area contributed by atoms with Crippen molar-refractivity contribution in [1.29, 1.82) is 0 Å². The van der Waals surface area contributed by atoms with E-state index in [1.807, 2.05) is 4.72 Å². The first kappa shape index (κ1) is 38.4. The van der Waals surface area contributed by atoms with Gasteiger partial charge in [0.05, 0.1) is 18.3 Å². The van der Waals surface area contributed by atoms with Gasteiger partial charge in [0.2, 0.25) is 21.8 Å². The van der Waals surface area contributed by atoms with Crippen molar-refractivity contribution in [3.63, 3.8) is 0 Å². The maximum Gasteiger partial charge on any atom is 0.410 e. The largest absolute Gasteiger partial charge is 0.444 e. The Bertz CT molecular complexity index is 1820. The summed E-state index contributed by atoms with van der Waals surface area (Å²) in [7, 11) is -4.06. The quantitative estimate of drug-likeness (QED) is 0.379. The zero-order chi connectivity index (χ0) is 38.5. The number of rotatable bonds is 5. The Hall–Kier alpha value is -4.35. The molecule has 5 amide bonds. The average Bonchev–Trinajstić information content (AvgIpc) is 3.93. The molecule has 1 saturated heterocycles. The lowest BCUT2D eigenvalue weighted by atomic mass is 10.0. The molecule has 3 N–H and O–H groups in total. The highest BCUT2D eigenvalue weighted by Crippen LogP contribution is 2.46. The zero-order valence-electron chi connectivity index (χ0n) is 29.7. The molecule has 0 unspecified atom stereocenters. The van der Waals surface area contributed by atoms with Crippen LogP contribution in [-0.4, -0.2) is 95.2 Å². The van der Waals surface area contributed by atoms with Gasteiger partial charge in [0.15, 0.2) is 0 Å². The molecule has 3 heterocycles. The van der Waals surface area contributed by atoms with Crippen LogP contribution in [0.4, 0.5) is 22.8 Å². The lowest BCUT2D eigenvalue weighted by Crippen LogP contribution is -2.58. The molecule has 0 aromatic heterocycles. The van der Waals surface area contributed by atoms with Crippen LogP contribution in [0.1, 0.15) is 83.3 Å². The van der Waals surface area contributed by atoms with E-state index in [1.54, 1.807) is 26.8 Å². The molecule has 0 spiro atoms. The summed E-state index contributed by atoms with van der Waals surface area (Å²) in [6.07, 6.45) is -1.86. The number of nitrogens with one attached hydrogen (secondary N) is 3. The van der Waals surface area contributed by atoms with Crippen molar-refractivity contribution in [2.45, 2.75) is 126 Å². The van der Waals surface area contributed by atoms with E-state index in [-0.39, 0.29) is 45.3 Å². The molecular weight excluding hydrogens is 723 g/mol. The molecule has 6 rings (SSSR count). The van der Waals surface area contributed by atoms with Crippen LogP contribution in [0.25, 0.3) is 0 Å². The summed E-state index contributed by atoms with van der Waals surface area (Å²) in [4.78, 5) is 70.4. The topological polar surface area (TPSA) is 181 Å². The number of allylic oxidation sites excluding steroid dienone is 1. The zero-order valence-corrected chi connectivity index (χ0v) is 30.5. The van der Waals surface area contributed by atoms with E-state index < -0.39 is 105 Å². The lowest BCUT2D eigenvalue weighted by molar-refractivity contribution is -0.141. The molecule has 18 heteroatoms. The van der Waals surface area contributed by atoms with E-state index in [4.69, 9.17) is 9.47 Å². The minimum atomic E-state index is -4.06. The molecule has 2 saturated carbocycles. The third-order valence-electron chi connectivity index (χ3n) is 10.1. The fourth-order valence-electron chi connectivity index (χ4n) is 7.05. The van der Waals surface area contributed by atoms with Gasteiger partial charge in [-0.2, -0.15) is 0 Å². The van der Waals surface area contributed by atoms with E-state index in [0.29, 0.717) is 24.0 Å². The second kappa shape index (κ2) is 14.1. The number of benzene rings is 1. The summed E-state index contributed by atoms with van der Waals surface area (Å²) >= 11 is 0. The van der Waals surface area contributed by atoms with Gasteiger partial charge in [0.1, 0.15) is 35.1 Å². The predicted octanol–water partition coefficient (Wildman–Crippen LogP) is 3.39. The summed E-state index contributed by atoms with van der Waals surface area (Å²) < 4.78 is 82.9. The first-order chi connectivity index (χ1) is 24.8. The molecule has 3 fully saturated rings. The number of ether oxygens (including phenoxy) is 2. The molecule has 0 bridgehead atoms. The van der Waals surface area contributed by atoms with E-state index in [0.717, 1.165) is 4.90 Å². The smallest absolute Gasteiger partial charge is 0.410 e. The number of nitrogens with zero attached hydrogens (tertiary/aromatic N) is 2. The van der Waals surface area contributed by atoms with Gasteiger partial charge >= 0.3 is 12.2 Å². The second-order valence-corrected chi connectivity index (χ2v) is 17.5. The molecular formula is C35H44F3N5O9S. The van der Waals surface area contributed by atoms with Crippen molar-refractivity contribution < 1.29 is 55.0 Å². The van der Waals surface area contributed by atoms with Crippen LogP contribution in [0.3, 0.4) is 0 Å². The molecule has 5 aliphatic rings. The highest BCUT2D eigenvalue weighted by molar-refractivity contribution is 7.91. The van der Waals surface area contributed by atoms with Crippen LogP contribution in [0, 0.1) is 11.7 Å². The molecule has 53 heavy (non-hydrogen) atoms. The molecule has 290 valence electrons. The minimum absolute atomic E-state index is 0.0635. The standard InChI is InChI=1S/C35H44F3N5O9S/c1-33(2,3)52-31(47)39-26-10-6-14-34(37,38)13-5-8-21-16-35(21,30(46)41-53(49,50)23-11-12-23)40-28(44)27-15-22(18-43(27)29(26)45)51-32(48)42-17-20-7-4-9-25(36)24(20)19-42/h4-5,7-9,21-23,26-27H,6,10-19H2,1-3H3,(H,39,47)(H,40,44)(H,41,46)/t21-,22-,26+,27+,35-/m1/s1. The van der Waals surface area contributed by atoms with Crippen LogP contribution in [0.15, 0.2) is 30.4 Å². The minimum Gasteiger partial charge on any atom is -0.444 e. The van der Waals surface area contributed by atoms with Gasteiger partial charge in [0, 0.05) is 37.3 Å². The van der Waals surface area contributed by atoms with E-state index in [2.05, 4.69) is 10.6 Å². The van der Waals surface area contributed by atoms with Gasteiger partial charge in [-0.15, -0.1) is 0 Å². The second-order valence-electron chi connectivity index (χ2n) is 15.5. The number of hydrogen-bond donors (Lipinski definition) is 3. The molecule has 0 radical (unpaired) electrons. The van der Waals surface area contributed by atoms with Crippen LogP contribution >= 0.6 is 0 Å². The maximum absolute atomic E-state index is 15.0. The molecule has 3 aliphatic heterocycles. The van der Waals surface area contributed by atoms with Gasteiger partial charge < -0.3 is 25.0 Å². The monoisotopic (exact) mass is 767 g/mol. The van der Waals surface area contributed by atoms with Gasteiger partial charge in [-0.05, 0) is 64.5 Å². The summed E-state index contributed by atoms with van der Waals surface area (Å²) in [5.41, 5.74) is -1.87. The molecule has 14 nitrogen and oxygen atoms in total. The van der Waals surface area contributed by atoms with Crippen LogP contribution in [0.5, 0.6) is 0 Å². The molecule has 2 aliphatic carbocycles. The number of alkyl halides is 2. The average molecular weight is 768 g/mol. The van der Waals surface area contributed by atoms with Crippen LogP contribution in [-0.2, 0) is 47.0 Å². The highest BCUT2D eigenvalue weighted by Gasteiger charge is 2.62. The normalized spacial score (nSPS) is 28.7. The summed E-state index contributed by atoms with van der Waals surface area (Å²) in [6, 6.07) is 1.65. The number of alkyl carbamates (subject to hydrolysis) is 1. The fraction of sp³-hybridized carbons (Fsp3) is 0.629. The molecule has 1 aromatic carbocycles. The number of carbonyl (C=O) groups is 5. The van der Waals surface area contributed by atoms with E-state index >= 15 is 8.78 Å². The Morgan fingerprint density at radius 2 is 1.81 bits per heavy atom. The first-order valence-corrected chi connectivity index (χ1v) is 19.3. The maximum atomic E-state index is 15.0. The van der Waals surface area contributed by atoms with Crippen molar-refractivity contribution in [1.82, 2.24) is 25.2 Å². The number of fused-ring (bicyclic) bond motifs is 3. The number of amides is 5. The summed E-state index contributed by atoms with van der Waals surface area (Å²) in [5, 5.41) is 4.30. The first-order valence-electron chi connectivity index (χ1n) is 17.7. The Balaban J connectivity index is 1.28. The van der Waals surface area contributed by atoms with Gasteiger partial charge in [-0.1, -0.05) is 24.3 Å². The Morgan fingerprint density at radius 3 is 2.49 bits per heavy atom. The van der Waals surface area contributed by atoms with E-state index in [1.165, 1.54) is 29.2 Å². The van der Waals surface area contributed by atoms with Crippen molar-refractivity contribution >= 4 is 39.9 Å². The molecule has 1 aromatic rings. The Labute approximate surface area is 305 Å². The number of carbonyl (C=O) groups excluding carboxylic acids is 5. The van der Waals surface area contributed by atoms with Crippen molar-refractivity contribution in [3.8, 4) is 0 Å². The number of hydrogen-bond acceptors (Lipinski definition) is 9.